The lowest BCUT2D eigenvalue weighted by Gasteiger charge is -2.10. The summed E-state index contributed by atoms with van der Waals surface area (Å²) in [6.45, 7) is -1.14. The quantitative estimate of drug-likeness (QED) is 0.346. The second-order valence-corrected chi connectivity index (χ2v) is 7.38. The molecular formula is C16H10F5NO5S. The number of esters is 1. The number of anilines is 1. The molecule has 2 rings (SSSR count). The van der Waals surface area contributed by atoms with Gasteiger partial charge in [-0.2, -0.15) is 0 Å². The van der Waals surface area contributed by atoms with E-state index < -0.39 is 63.1 Å². The fourth-order valence-electron chi connectivity index (χ4n) is 1.96. The average molecular weight is 423 g/mol. The number of sulfone groups is 1. The zero-order valence-corrected chi connectivity index (χ0v) is 14.7. The molecule has 12 heteroatoms. The Balaban J connectivity index is 2.11. The first kappa shape index (κ1) is 21.3. The summed E-state index contributed by atoms with van der Waals surface area (Å²) in [4.78, 5) is 23.3. The predicted octanol–water partition coefficient (Wildman–Crippen LogP) is 2.58. The van der Waals surface area contributed by atoms with Gasteiger partial charge in [0.25, 0.3) is 5.91 Å². The summed E-state index contributed by atoms with van der Waals surface area (Å²) in [5, 5.41) is 1.42. The van der Waals surface area contributed by atoms with Gasteiger partial charge in [-0.3, -0.25) is 4.79 Å². The average Bonchev–Trinajstić information content (AvgIpc) is 2.65. The third-order valence-electron chi connectivity index (χ3n) is 3.31. The van der Waals surface area contributed by atoms with Crippen LogP contribution in [0.4, 0.5) is 27.6 Å². The highest BCUT2D eigenvalue weighted by Gasteiger charge is 2.27. The van der Waals surface area contributed by atoms with Gasteiger partial charge in [-0.05, 0) is 18.2 Å². The van der Waals surface area contributed by atoms with E-state index in [0.717, 1.165) is 12.3 Å². The lowest BCUT2D eigenvalue weighted by Crippen LogP contribution is -2.23. The minimum absolute atomic E-state index is 0.201. The zero-order valence-electron chi connectivity index (χ0n) is 13.9. The molecule has 0 spiro atoms. The molecule has 0 fully saturated rings. The molecule has 1 N–H and O–H groups in total. The Morgan fingerprint density at radius 2 is 1.50 bits per heavy atom. The maximum Gasteiger partial charge on any atom is 0.338 e. The third-order valence-corrected chi connectivity index (χ3v) is 4.42. The van der Waals surface area contributed by atoms with Crippen molar-refractivity contribution >= 4 is 27.4 Å². The maximum absolute atomic E-state index is 13.5. The van der Waals surface area contributed by atoms with Gasteiger partial charge in [-0.25, -0.2) is 35.2 Å². The Labute approximate surface area is 154 Å². The summed E-state index contributed by atoms with van der Waals surface area (Å²) >= 11 is 0. The molecule has 0 bridgehead atoms. The molecule has 0 saturated heterocycles. The van der Waals surface area contributed by atoms with Crippen LogP contribution >= 0.6 is 0 Å². The maximum atomic E-state index is 13.5. The first-order valence-electron chi connectivity index (χ1n) is 7.22. The van der Waals surface area contributed by atoms with Crippen molar-refractivity contribution in [3.8, 4) is 0 Å². The van der Waals surface area contributed by atoms with E-state index in [9.17, 15) is 40.0 Å². The molecule has 6 nitrogen and oxygen atoms in total. The van der Waals surface area contributed by atoms with Gasteiger partial charge in [-0.15, -0.1) is 0 Å². The molecule has 0 atom stereocenters. The number of amides is 1. The van der Waals surface area contributed by atoms with E-state index in [1.54, 1.807) is 0 Å². The Hall–Kier alpha value is -3.02. The van der Waals surface area contributed by atoms with Gasteiger partial charge >= 0.3 is 5.97 Å². The van der Waals surface area contributed by atoms with Crippen molar-refractivity contribution in [2.45, 2.75) is 4.90 Å². The van der Waals surface area contributed by atoms with E-state index in [0.29, 0.717) is 0 Å². The summed E-state index contributed by atoms with van der Waals surface area (Å²) in [5.74, 6) is -14.0. The largest absolute Gasteiger partial charge is 0.452 e. The molecule has 0 aliphatic rings. The number of hydrogen-bond acceptors (Lipinski definition) is 5. The Morgan fingerprint density at radius 3 is 2.04 bits per heavy atom. The van der Waals surface area contributed by atoms with Crippen molar-refractivity contribution in [2.24, 2.45) is 0 Å². The predicted molar refractivity (Wildman–Crippen MR) is 84.7 cm³/mol. The Bertz CT molecular complexity index is 1040. The summed E-state index contributed by atoms with van der Waals surface area (Å²) in [5.41, 5.74) is -1.84. The van der Waals surface area contributed by atoms with E-state index in [2.05, 4.69) is 4.74 Å². The molecule has 0 aliphatic heterocycles. The molecular weight excluding hydrogens is 413 g/mol. The number of carbonyl (C=O) groups excluding carboxylic acids is 2. The molecule has 0 saturated carbocycles. The Morgan fingerprint density at radius 1 is 0.964 bits per heavy atom. The van der Waals surface area contributed by atoms with Gasteiger partial charge < -0.3 is 10.1 Å². The molecule has 0 aliphatic carbocycles. The number of nitrogens with one attached hydrogen (secondary N) is 1. The van der Waals surface area contributed by atoms with Crippen molar-refractivity contribution < 1.29 is 44.7 Å². The SMILES string of the molecule is CS(=O)(=O)c1cccc(C(=O)OCC(=O)Nc2c(F)c(F)c(F)c(F)c2F)c1. The highest BCUT2D eigenvalue weighted by molar-refractivity contribution is 7.90. The Kier molecular flexibility index (Phi) is 6.02. The normalized spacial score (nSPS) is 11.2. The van der Waals surface area contributed by atoms with Crippen molar-refractivity contribution in [3.63, 3.8) is 0 Å². The summed E-state index contributed by atoms with van der Waals surface area (Å²) < 4.78 is 93.5. The van der Waals surface area contributed by atoms with Gasteiger partial charge in [0.15, 0.2) is 39.7 Å². The van der Waals surface area contributed by atoms with Gasteiger partial charge in [-0.1, -0.05) is 6.07 Å². The molecule has 0 aromatic heterocycles. The zero-order chi connectivity index (χ0) is 21.2. The monoisotopic (exact) mass is 423 g/mol. The molecule has 1 amide bonds. The minimum Gasteiger partial charge on any atom is -0.452 e. The number of halogens is 5. The second kappa shape index (κ2) is 7.92. The molecule has 150 valence electrons. The van der Waals surface area contributed by atoms with E-state index in [4.69, 9.17) is 0 Å². The molecule has 2 aromatic carbocycles. The number of benzene rings is 2. The van der Waals surface area contributed by atoms with Crippen LogP contribution in [0.2, 0.25) is 0 Å². The third kappa shape index (κ3) is 4.44. The van der Waals surface area contributed by atoms with Crippen LogP contribution in [0, 0.1) is 29.1 Å². The highest BCUT2D eigenvalue weighted by Crippen LogP contribution is 2.27. The van der Waals surface area contributed by atoms with Crippen LogP contribution in [0.3, 0.4) is 0 Å². The topological polar surface area (TPSA) is 89.5 Å². The standard InChI is InChI=1S/C16H10F5NO5S/c1-28(25,26)8-4-2-3-7(5-8)16(24)27-6-9(23)22-15-13(20)11(18)10(17)12(19)14(15)21/h2-5H,6H2,1H3,(H,22,23). The smallest absolute Gasteiger partial charge is 0.338 e. The summed E-state index contributed by atoms with van der Waals surface area (Å²) in [6, 6.07) is 4.60. The van der Waals surface area contributed by atoms with Crippen molar-refractivity contribution in [1.29, 1.82) is 0 Å². The van der Waals surface area contributed by atoms with E-state index in [1.807, 2.05) is 0 Å². The number of hydrogen-bond donors (Lipinski definition) is 1. The van der Waals surface area contributed by atoms with Crippen LogP contribution in [0.25, 0.3) is 0 Å². The lowest BCUT2D eigenvalue weighted by atomic mass is 10.2. The number of rotatable bonds is 5. The first-order chi connectivity index (χ1) is 12.9. The van der Waals surface area contributed by atoms with Gasteiger partial charge in [0.2, 0.25) is 5.82 Å². The molecule has 0 unspecified atom stereocenters. The summed E-state index contributed by atoms with van der Waals surface area (Å²) in [7, 11) is -3.62. The summed E-state index contributed by atoms with van der Waals surface area (Å²) in [6.07, 6.45) is 0.898. The van der Waals surface area contributed by atoms with Crippen LogP contribution < -0.4 is 5.32 Å². The van der Waals surface area contributed by atoms with Crippen LogP contribution in [0.15, 0.2) is 29.2 Å². The fourth-order valence-corrected chi connectivity index (χ4v) is 2.63. The fraction of sp³-hybridized carbons (Fsp3) is 0.125. The molecule has 2 aromatic rings. The van der Waals surface area contributed by atoms with Crippen LogP contribution in [-0.2, 0) is 19.4 Å². The van der Waals surface area contributed by atoms with Crippen LogP contribution in [0.1, 0.15) is 10.4 Å². The number of ether oxygens (including phenoxy) is 1. The van der Waals surface area contributed by atoms with Crippen LogP contribution in [0.5, 0.6) is 0 Å². The van der Waals surface area contributed by atoms with Crippen LogP contribution in [-0.4, -0.2) is 33.2 Å². The van der Waals surface area contributed by atoms with E-state index >= 15 is 0 Å². The van der Waals surface area contributed by atoms with Gasteiger partial charge in [0, 0.05) is 6.26 Å². The highest BCUT2D eigenvalue weighted by atomic mass is 32.2. The van der Waals surface area contributed by atoms with Crippen molar-refractivity contribution in [1.82, 2.24) is 0 Å². The van der Waals surface area contributed by atoms with E-state index in [1.165, 1.54) is 23.5 Å². The van der Waals surface area contributed by atoms with Gasteiger partial charge in [0.1, 0.15) is 5.69 Å². The first-order valence-corrected chi connectivity index (χ1v) is 9.11. The second-order valence-electron chi connectivity index (χ2n) is 5.37. The van der Waals surface area contributed by atoms with Gasteiger partial charge in [0.05, 0.1) is 10.5 Å². The van der Waals surface area contributed by atoms with E-state index in [-0.39, 0.29) is 10.5 Å². The minimum atomic E-state index is -3.62. The number of carbonyl (C=O) groups is 2. The lowest BCUT2D eigenvalue weighted by molar-refractivity contribution is -0.119. The molecule has 0 radical (unpaired) electrons. The molecule has 28 heavy (non-hydrogen) atoms. The van der Waals surface area contributed by atoms with Crippen molar-refractivity contribution in [2.75, 3.05) is 18.2 Å². The molecule has 0 heterocycles. The van der Waals surface area contributed by atoms with Crippen molar-refractivity contribution in [3.05, 3.63) is 58.9 Å².